The monoisotopic (exact) mass is 326 g/mol. The smallest absolute Gasteiger partial charge is 0.273 e. The Hall–Kier alpha value is -2.86. The molecule has 24 heavy (non-hydrogen) atoms. The molecule has 0 aliphatic heterocycles. The molecule has 3 rings (SSSR count). The van der Waals surface area contributed by atoms with Crippen LogP contribution >= 0.6 is 0 Å². The minimum Gasteiger partial charge on any atom is -0.461 e. The highest BCUT2D eigenvalue weighted by Gasteiger charge is 2.18. The zero-order chi connectivity index (χ0) is 16.9. The van der Waals surface area contributed by atoms with Crippen LogP contribution in [0.4, 0.5) is 0 Å². The van der Waals surface area contributed by atoms with Gasteiger partial charge in [-0.1, -0.05) is 29.4 Å². The fourth-order valence-corrected chi connectivity index (χ4v) is 2.46. The number of nitrogens with zero attached hydrogens (tertiary/aromatic N) is 1. The zero-order valence-electron chi connectivity index (χ0n) is 13.5. The summed E-state index contributed by atoms with van der Waals surface area (Å²) in [5, 5.41) is 6.60. The molecule has 1 amide bonds. The van der Waals surface area contributed by atoms with E-state index in [1.54, 1.807) is 25.3 Å². The molecule has 0 saturated carbocycles. The summed E-state index contributed by atoms with van der Waals surface area (Å²) in [4.78, 5) is 12.2. The first-order valence-corrected chi connectivity index (χ1v) is 7.56. The number of hydrogen-bond donors (Lipinski definition) is 1. The number of aromatic nitrogens is 1. The van der Waals surface area contributed by atoms with E-state index in [1.165, 1.54) is 6.26 Å². The highest BCUT2D eigenvalue weighted by molar-refractivity contribution is 5.92. The summed E-state index contributed by atoms with van der Waals surface area (Å²) in [7, 11) is 1.62. The van der Waals surface area contributed by atoms with E-state index in [-0.39, 0.29) is 17.7 Å². The average molecular weight is 326 g/mol. The first-order valence-electron chi connectivity index (χ1n) is 7.56. The van der Waals surface area contributed by atoms with Crippen molar-refractivity contribution in [3.63, 3.8) is 0 Å². The average Bonchev–Trinajstić information content (AvgIpc) is 3.28. The van der Waals surface area contributed by atoms with Gasteiger partial charge in [0.05, 0.1) is 12.4 Å². The van der Waals surface area contributed by atoms with Gasteiger partial charge in [-0.3, -0.25) is 4.79 Å². The first-order chi connectivity index (χ1) is 11.7. The second-order valence-corrected chi connectivity index (χ2v) is 5.34. The Bertz CT molecular complexity index is 808. The lowest BCUT2D eigenvalue weighted by atomic mass is 10.0. The summed E-state index contributed by atoms with van der Waals surface area (Å²) in [5.74, 6) is 0.607. The summed E-state index contributed by atoms with van der Waals surface area (Å²) in [6.07, 6.45) is 1.30. The Labute approximate surface area is 139 Å². The van der Waals surface area contributed by atoms with Gasteiger partial charge in [-0.15, -0.1) is 0 Å². The minimum atomic E-state index is -0.327. The number of furan rings is 1. The van der Waals surface area contributed by atoms with Crippen LogP contribution in [0.3, 0.4) is 0 Å². The Morgan fingerprint density at radius 1 is 1.25 bits per heavy atom. The van der Waals surface area contributed by atoms with E-state index >= 15 is 0 Å². The number of benzene rings is 1. The van der Waals surface area contributed by atoms with Gasteiger partial charge >= 0.3 is 0 Å². The molecule has 0 aliphatic rings. The lowest BCUT2D eigenvalue weighted by Crippen LogP contribution is -2.29. The van der Waals surface area contributed by atoms with E-state index in [9.17, 15) is 4.79 Å². The van der Waals surface area contributed by atoms with Crippen LogP contribution in [0.1, 0.15) is 27.7 Å². The zero-order valence-corrected chi connectivity index (χ0v) is 13.5. The lowest BCUT2D eigenvalue weighted by Gasteiger charge is -2.18. The predicted octanol–water partition coefficient (Wildman–Crippen LogP) is 3.36. The van der Waals surface area contributed by atoms with Crippen LogP contribution in [0.15, 0.2) is 57.7 Å². The largest absolute Gasteiger partial charge is 0.461 e. The van der Waals surface area contributed by atoms with E-state index in [1.807, 2.05) is 31.2 Å². The molecule has 0 spiro atoms. The molecule has 6 heteroatoms. The van der Waals surface area contributed by atoms with E-state index in [4.69, 9.17) is 13.7 Å². The number of amides is 1. The van der Waals surface area contributed by atoms with Gasteiger partial charge in [0.15, 0.2) is 11.5 Å². The summed E-state index contributed by atoms with van der Waals surface area (Å²) in [6, 6.07) is 12.9. The molecule has 2 heterocycles. The van der Waals surface area contributed by atoms with Gasteiger partial charge in [-0.25, -0.2) is 0 Å². The maximum atomic E-state index is 12.2. The molecule has 3 aromatic rings. The number of rotatable bonds is 6. The molecule has 0 saturated heterocycles. The number of carbonyl (C=O) groups is 1. The highest BCUT2D eigenvalue weighted by atomic mass is 16.5. The molecule has 124 valence electrons. The number of methoxy groups -OCH3 is 1. The third kappa shape index (κ3) is 3.38. The molecular formula is C18H18N2O4. The van der Waals surface area contributed by atoms with Crippen LogP contribution in [0.2, 0.25) is 0 Å². The minimum absolute atomic E-state index is 0.195. The number of hydrogen-bond acceptors (Lipinski definition) is 5. The van der Waals surface area contributed by atoms with Crippen molar-refractivity contribution in [2.75, 3.05) is 13.7 Å². The van der Waals surface area contributed by atoms with Crippen molar-refractivity contribution in [2.45, 2.75) is 13.0 Å². The maximum absolute atomic E-state index is 12.2. The standard InChI is InChI=1S/C18H18N2O4/c1-12-6-3-4-7-13(12)17(22-2)11-19-18(21)14-10-16(24-20-14)15-8-5-9-23-15/h3-10,17H,11H2,1-2H3,(H,19,21). The molecule has 0 radical (unpaired) electrons. The summed E-state index contributed by atoms with van der Waals surface area (Å²) < 4.78 is 15.8. The molecule has 6 nitrogen and oxygen atoms in total. The van der Waals surface area contributed by atoms with Gasteiger partial charge in [0.1, 0.15) is 0 Å². The molecule has 2 aromatic heterocycles. The normalized spacial score (nSPS) is 12.1. The van der Waals surface area contributed by atoms with Crippen LogP contribution in [-0.4, -0.2) is 24.7 Å². The Balaban J connectivity index is 1.65. The summed E-state index contributed by atoms with van der Waals surface area (Å²) >= 11 is 0. The van der Waals surface area contributed by atoms with Crippen molar-refractivity contribution in [2.24, 2.45) is 0 Å². The van der Waals surface area contributed by atoms with Crippen molar-refractivity contribution in [3.05, 3.63) is 65.5 Å². The van der Waals surface area contributed by atoms with Gasteiger partial charge in [0.25, 0.3) is 5.91 Å². The van der Waals surface area contributed by atoms with Crippen molar-refractivity contribution in [3.8, 4) is 11.5 Å². The third-order valence-electron chi connectivity index (χ3n) is 3.77. The van der Waals surface area contributed by atoms with Gasteiger partial charge in [0.2, 0.25) is 5.76 Å². The third-order valence-corrected chi connectivity index (χ3v) is 3.77. The van der Waals surface area contributed by atoms with Gasteiger partial charge in [-0.05, 0) is 30.2 Å². The van der Waals surface area contributed by atoms with Crippen LogP contribution < -0.4 is 5.32 Å². The van der Waals surface area contributed by atoms with Crippen molar-refractivity contribution >= 4 is 5.91 Å². The molecule has 1 atom stereocenters. The van der Waals surface area contributed by atoms with E-state index < -0.39 is 0 Å². The van der Waals surface area contributed by atoms with Crippen molar-refractivity contribution in [1.82, 2.24) is 10.5 Å². The molecule has 0 bridgehead atoms. The van der Waals surface area contributed by atoms with Crippen molar-refractivity contribution < 1.29 is 18.5 Å². The first kappa shape index (κ1) is 16.0. The second-order valence-electron chi connectivity index (χ2n) is 5.34. The van der Waals surface area contributed by atoms with Crippen LogP contribution in [0.25, 0.3) is 11.5 Å². The van der Waals surface area contributed by atoms with Crippen LogP contribution in [-0.2, 0) is 4.74 Å². The maximum Gasteiger partial charge on any atom is 0.273 e. The number of ether oxygens (including phenoxy) is 1. The van der Waals surface area contributed by atoms with Gasteiger partial charge < -0.3 is 19.0 Å². The van der Waals surface area contributed by atoms with Crippen molar-refractivity contribution in [1.29, 1.82) is 0 Å². The fourth-order valence-electron chi connectivity index (χ4n) is 2.46. The summed E-state index contributed by atoms with van der Waals surface area (Å²) in [5.41, 5.74) is 2.35. The number of carbonyl (C=O) groups excluding carboxylic acids is 1. The number of nitrogens with one attached hydrogen (secondary N) is 1. The quantitative estimate of drug-likeness (QED) is 0.751. The highest BCUT2D eigenvalue weighted by Crippen LogP contribution is 2.21. The topological polar surface area (TPSA) is 77.5 Å². The molecular weight excluding hydrogens is 308 g/mol. The molecule has 1 aromatic carbocycles. The molecule has 1 N–H and O–H groups in total. The van der Waals surface area contributed by atoms with Crippen LogP contribution in [0, 0.1) is 6.92 Å². The molecule has 0 fully saturated rings. The van der Waals surface area contributed by atoms with Crippen LogP contribution in [0.5, 0.6) is 0 Å². The van der Waals surface area contributed by atoms with Gasteiger partial charge in [0, 0.05) is 19.7 Å². The second kappa shape index (κ2) is 7.14. The molecule has 0 aliphatic carbocycles. The Morgan fingerprint density at radius 3 is 2.79 bits per heavy atom. The lowest BCUT2D eigenvalue weighted by molar-refractivity contribution is 0.0819. The Kier molecular flexibility index (Phi) is 4.77. The van der Waals surface area contributed by atoms with E-state index in [0.29, 0.717) is 18.1 Å². The number of aryl methyl sites for hydroxylation is 1. The fraction of sp³-hybridized carbons (Fsp3) is 0.222. The summed E-state index contributed by atoms with van der Waals surface area (Å²) in [6.45, 7) is 2.35. The van der Waals surface area contributed by atoms with E-state index in [2.05, 4.69) is 10.5 Å². The van der Waals surface area contributed by atoms with E-state index in [0.717, 1.165) is 11.1 Å². The SMILES string of the molecule is COC(CNC(=O)c1cc(-c2ccco2)on1)c1ccccc1C. The Morgan fingerprint density at radius 2 is 2.08 bits per heavy atom. The van der Waals surface area contributed by atoms with Gasteiger partial charge in [-0.2, -0.15) is 0 Å². The molecule has 1 unspecified atom stereocenters. The predicted molar refractivity (Wildman–Crippen MR) is 87.5 cm³/mol.